The van der Waals surface area contributed by atoms with Crippen molar-refractivity contribution in [2.24, 2.45) is 5.92 Å². The molecular weight excluding hydrogens is 435 g/mol. The van der Waals surface area contributed by atoms with E-state index in [1.165, 1.54) is 4.90 Å². The molecule has 2 aromatic rings. The van der Waals surface area contributed by atoms with Gasteiger partial charge in [0.1, 0.15) is 5.92 Å². The Morgan fingerprint density at radius 2 is 1.62 bits per heavy atom. The molecule has 1 aliphatic heterocycles. The Hall–Kier alpha value is -2.19. The first-order chi connectivity index (χ1) is 13.7. The number of rotatable bonds is 4. The van der Waals surface area contributed by atoms with Crippen molar-refractivity contribution in [2.75, 3.05) is 14.2 Å². The normalized spacial score (nSPS) is 24.0. The standard InChI is InChI=1S/C20H18Cl2N2O4S/c1-24-19(29)23-16(11-3-7-13(21)8-4-11)15(17(25)18(26)28-2)20(24,27)12-5-9-14(22)10-6-12/h3-10,15-16,27H,1-2H3,(H,23,29)/t15-,16-,20+/m0/s1. The summed E-state index contributed by atoms with van der Waals surface area (Å²) in [4.78, 5) is 26.6. The molecule has 9 heteroatoms. The Balaban J connectivity index is 2.22. The smallest absolute Gasteiger partial charge is 0.374 e. The number of methoxy groups -OCH3 is 1. The van der Waals surface area contributed by atoms with E-state index in [-0.39, 0.29) is 5.11 Å². The van der Waals surface area contributed by atoms with E-state index in [0.29, 0.717) is 21.2 Å². The van der Waals surface area contributed by atoms with Crippen molar-refractivity contribution in [3.63, 3.8) is 0 Å². The van der Waals surface area contributed by atoms with E-state index in [9.17, 15) is 14.7 Å². The number of hydrogen-bond acceptors (Lipinski definition) is 5. The molecule has 0 bridgehead atoms. The predicted octanol–water partition coefficient (Wildman–Crippen LogP) is 3.06. The van der Waals surface area contributed by atoms with Gasteiger partial charge in [-0.05, 0) is 42.0 Å². The summed E-state index contributed by atoms with van der Waals surface area (Å²) >= 11 is 17.4. The van der Waals surface area contributed by atoms with E-state index < -0.39 is 29.4 Å². The van der Waals surface area contributed by atoms with Gasteiger partial charge in [-0.2, -0.15) is 0 Å². The van der Waals surface area contributed by atoms with E-state index in [1.807, 2.05) is 0 Å². The topological polar surface area (TPSA) is 78.9 Å². The average Bonchev–Trinajstić information content (AvgIpc) is 2.71. The molecule has 6 nitrogen and oxygen atoms in total. The van der Waals surface area contributed by atoms with E-state index in [2.05, 4.69) is 10.1 Å². The zero-order valence-electron chi connectivity index (χ0n) is 15.6. The fourth-order valence-electron chi connectivity index (χ4n) is 3.49. The van der Waals surface area contributed by atoms with Gasteiger partial charge in [0.25, 0.3) is 5.78 Å². The lowest BCUT2D eigenvalue weighted by Gasteiger charge is -2.51. The number of benzene rings is 2. The monoisotopic (exact) mass is 452 g/mol. The van der Waals surface area contributed by atoms with Gasteiger partial charge >= 0.3 is 5.97 Å². The molecule has 1 heterocycles. The highest BCUT2D eigenvalue weighted by Crippen LogP contribution is 2.44. The average molecular weight is 453 g/mol. The van der Waals surface area contributed by atoms with Crippen LogP contribution in [0.5, 0.6) is 0 Å². The minimum absolute atomic E-state index is 0.205. The zero-order chi connectivity index (χ0) is 21.3. The highest BCUT2D eigenvalue weighted by molar-refractivity contribution is 7.80. The van der Waals surface area contributed by atoms with Gasteiger partial charge in [-0.1, -0.05) is 47.5 Å². The lowest BCUT2D eigenvalue weighted by atomic mass is 9.75. The number of carbonyl (C=O) groups is 2. The van der Waals surface area contributed by atoms with Gasteiger partial charge in [0.2, 0.25) is 0 Å². The van der Waals surface area contributed by atoms with Gasteiger partial charge < -0.3 is 20.1 Å². The second kappa shape index (κ2) is 8.28. The van der Waals surface area contributed by atoms with Crippen molar-refractivity contribution in [3.05, 3.63) is 69.7 Å². The fourth-order valence-corrected chi connectivity index (χ4v) is 4.00. The highest BCUT2D eigenvalue weighted by atomic mass is 35.5. The van der Waals surface area contributed by atoms with Crippen LogP contribution in [0.2, 0.25) is 10.0 Å². The van der Waals surface area contributed by atoms with Gasteiger partial charge in [-0.15, -0.1) is 0 Å². The maximum absolute atomic E-state index is 13.1. The van der Waals surface area contributed by atoms with E-state index in [1.54, 1.807) is 55.6 Å². The van der Waals surface area contributed by atoms with Crippen LogP contribution >= 0.6 is 35.4 Å². The molecule has 1 fully saturated rings. The maximum Gasteiger partial charge on any atom is 0.374 e. The van der Waals surface area contributed by atoms with Crippen molar-refractivity contribution in [2.45, 2.75) is 11.8 Å². The van der Waals surface area contributed by atoms with Gasteiger partial charge in [-0.25, -0.2) is 4.79 Å². The summed E-state index contributed by atoms with van der Waals surface area (Å²) in [5, 5.41) is 16.1. The molecule has 152 valence electrons. The van der Waals surface area contributed by atoms with E-state index in [0.717, 1.165) is 7.11 Å². The molecule has 0 aliphatic carbocycles. The van der Waals surface area contributed by atoms with Crippen LogP contribution in [0.3, 0.4) is 0 Å². The molecule has 0 unspecified atom stereocenters. The molecule has 1 saturated heterocycles. The number of Topliss-reactive ketones (excluding diaryl/α,β-unsaturated/α-hetero) is 1. The summed E-state index contributed by atoms with van der Waals surface area (Å²) < 4.78 is 4.66. The molecule has 0 spiro atoms. The number of nitrogens with zero attached hydrogens (tertiary/aromatic N) is 1. The molecule has 29 heavy (non-hydrogen) atoms. The third-order valence-electron chi connectivity index (χ3n) is 5.03. The number of esters is 1. The maximum atomic E-state index is 13.1. The third-order valence-corrected chi connectivity index (χ3v) is 5.92. The molecule has 0 radical (unpaired) electrons. The highest BCUT2D eigenvalue weighted by Gasteiger charge is 2.56. The molecule has 2 N–H and O–H groups in total. The number of aliphatic hydroxyl groups is 1. The number of ether oxygens (including phenoxy) is 1. The lowest BCUT2D eigenvalue weighted by Crippen LogP contribution is -2.66. The van der Waals surface area contributed by atoms with E-state index >= 15 is 0 Å². The number of carbonyl (C=O) groups excluding carboxylic acids is 2. The first-order valence-corrected chi connectivity index (χ1v) is 9.77. The van der Waals surface area contributed by atoms with Crippen molar-refractivity contribution in [1.82, 2.24) is 10.2 Å². The minimum atomic E-state index is -1.93. The second-order valence-electron chi connectivity index (χ2n) is 6.60. The summed E-state index contributed by atoms with van der Waals surface area (Å²) in [6.07, 6.45) is 0. The summed E-state index contributed by atoms with van der Waals surface area (Å²) in [6, 6.07) is 12.3. The summed E-state index contributed by atoms with van der Waals surface area (Å²) in [7, 11) is 2.66. The van der Waals surface area contributed by atoms with Crippen LogP contribution in [0.25, 0.3) is 0 Å². The number of thiocarbonyl (C=S) groups is 1. The van der Waals surface area contributed by atoms with Crippen LogP contribution in [-0.4, -0.2) is 41.0 Å². The van der Waals surface area contributed by atoms with Crippen molar-refractivity contribution in [1.29, 1.82) is 0 Å². The van der Waals surface area contributed by atoms with Crippen molar-refractivity contribution in [3.8, 4) is 0 Å². The largest absolute Gasteiger partial charge is 0.463 e. The summed E-state index contributed by atoms with van der Waals surface area (Å²) in [5.41, 5.74) is -0.948. The van der Waals surface area contributed by atoms with Crippen LogP contribution in [0.15, 0.2) is 48.5 Å². The van der Waals surface area contributed by atoms with Gasteiger partial charge in [0.15, 0.2) is 10.8 Å². The molecule has 1 aliphatic rings. The Morgan fingerprint density at radius 1 is 1.10 bits per heavy atom. The number of halogens is 2. The molecule has 0 aromatic heterocycles. The number of ketones is 1. The van der Waals surface area contributed by atoms with Gasteiger partial charge in [0.05, 0.1) is 13.2 Å². The Labute approximate surface area is 183 Å². The molecule has 2 aromatic carbocycles. The summed E-state index contributed by atoms with van der Waals surface area (Å²) in [5.74, 6) is -3.23. The zero-order valence-corrected chi connectivity index (χ0v) is 17.9. The van der Waals surface area contributed by atoms with Crippen LogP contribution in [-0.2, 0) is 20.1 Å². The molecule has 3 atom stereocenters. The number of hydrogen-bond donors (Lipinski definition) is 2. The van der Waals surface area contributed by atoms with Crippen LogP contribution in [0.4, 0.5) is 0 Å². The first-order valence-electron chi connectivity index (χ1n) is 8.60. The van der Waals surface area contributed by atoms with Crippen molar-refractivity contribution < 1.29 is 19.4 Å². The number of nitrogens with one attached hydrogen (secondary N) is 1. The Bertz CT molecular complexity index is 952. The molecule has 0 saturated carbocycles. The quantitative estimate of drug-likeness (QED) is 0.419. The van der Waals surface area contributed by atoms with Crippen LogP contribution in [0.1, 0.15) is 17.2 Å². The summed E-state index contributed by atoms with van der Waals surface area (Å²) in [6.45, 7) is 0. The Morgan fingerprint density at radius 3 is 2.14 bits per heavy atom. The fraction of sp³-hybridized carbons (Fsp3) is 0.250. The SMILES string of the molecule is COC(=O)C(=O)[C@@H]1[C@H](c2ccc(Cl)cc2)NC(=S)N(C)[C@@]1(O)c1ccc(Cl)cc1. The van der Waals surface area contributed by atoms with E-state index in [4.69, 9.17) is 35.4 Å². The van der Waals surface area contributed by atoms with Crippen LogP contribution < -0.4 is 5.32 Å². The van der Waals surface area contributed by atoms with Crippen LogP contribution in [0, 0.1) is 5.92 Å². The molecule has 0 amide bonds. The molecule has 3 rings (SSSR count). The third kappa shape index (κ3) is 3.83. The predicted molar refractivity (Wildman–Crippen MR) is 114 cm³/mol. The van der Waals surface area contributed by atoms with Gasteiger partial charge in [-0.3, -0.25) is 4.79 Å². The lowest BCUT2D eigenvalue weighted by molar-refractivity contribution is -0.173. The Kier molecular flexibility index (Phi) is 6.14. The molecular formula is C20H18Cl2N2O4S. The van der Waals surface area contributed by atoms with Gasteiger partial charge in [0, 0.05) is 22.7 Å². The second-order valence-corrected chi connectivity index (χ2v) is 7.86. The minimum Gasteiger partial charge on any atom is -0.463 e. The first kappa shape index (κ1) is 21.5. The van der Waals surface area contributed by atoms with Crippen molar-refractivity contribution >= 4 is 52.3 Å².